The van der Waals surface area contributed by atoms with Crippen molar-refractivity contribution in [3.8, 4) is 0 Å². The van der Waals surface area contributed by atoms with Crippen LogP contribution in [0, 0.1) is 0 Å². The molecule has 0 saturated heterocycles. The Morgan fingerprint density at radius 1 is 0.333 bits per heavy atom. The average molecular weight is 877 g/mol. The Bertz CT molecular complexity index is 1240. The maximum absolute atomic E-state index is 12.8. The maximum Gasteiger partial charge on any atom is 0.306 e. The van der Waals surface area contributed by atoms with E-state index in [2.05, 4.69) is 106 Å². The highest BCUT2D eigenvalue weighted by molar-refractivity contribution is 5.71. The van der Waals surface area contributed by atoms with Gasteiger partial charge in [0.15, 0.2) is 6.10 Å². The van der Waals surface area contributed by atoms with E-state index in [1.165, 1.54) is 83.5 Å². The minimum Gasteiger partial charge on any atom is -0.462 e. The molecule has 360 valence electrons. The molecule has 6 heteroatoms. The number of rotatable bonds is 46. The summed E-state index contributed by atoms with van der Waals surface area (Å²) in [6, 6.07) is 0. The van der Waals surface area contributed by atoms with Gasteiger partial charge >= 0.3 is 17.9 Å². The molecule has 0 N–H and O–H groups in total. The van der Waals surface area contributed by atoms with E-state index in [0.29, 0.717) is 19.3 Å². The van der Waals surface area contributed by atoms with Crippen LogP contribution in [0.2, 0.25) is 0 Å². The molecule has 0 aliphatic carbocycles. The Kier molecular flexibility index (Phi) is 48.5. The van der Waals surface area contributed by atoms with Gasteiger partial charge in [0.05, 0.1) is 0 Å². The molecule has 0 aliphatic heterocycles. The largest absolute Gasteiger partial charge is 0.462 e. The van der Waals surface area contributed by atoms with Crippen LogP contribution in [0.3, 0.4) is 0 Å². The second-order valence-corrected chi connectivity index (χ2v) is 17.0. The predicted octanol–water partition coefficient (Wildman–Crippen LogP) is 17.2. The molecule has 1 atom stereocenters. The average Bonchev–Trinajstić information content (AvgIpc) is 3.28. The van der Waals surface area contributed by atoms with E-state index in [1.807, 2.05) is 0 Å². The van der Waals surface area contributed by atoms with E-state index in [0.717, 1.165) is 109 Å². The number of allylic oxidation sites excluding steroid dienone is 14. The third-order valence-electron chi connectivity index (χ3n) is 10.9. The van der Waals surface area contributed by atoms with Crippen molar-refractivity contribution >= 4 is 17.9 Å². The lowest BCUT2D eigenvalue weighted by atomic mass is 10.1. The molecule has 0 aliphatic rings. The van der Waals surface area contributed by atoms with Gasteiger partial charge in [-0.3, -0.25) is 14.4 Å². The zero-order valence-electron chi connectivity index (χ0n) is 41.1. The molecule has 0 amide bonds. The van der Waals surface area contributed by atoms with Gasteiger partial charge in [0.2, 0.25) is 0 Å². The van der Waals surface area contributed by atoms with Crippen molar-refractivity contribution in [2.24, 2.45) is 0 Å². The molecule has 0 rings (SSSR count). The quantitative estimate of drug-likeness (QED) is 0.0262. The standard InChI is InChI=1S/C57H96O6/c1-4-7-10-13-16-19-22-25-28-30-32-35-38-41-44-47-50-56(59)62-53-54(52-61-55(58)49-46-43-40-37-34-31-27-24-21-18-15-12-9-6-3)63-57(60)51-48-45-42-39-36-33-29-26-23-20-17-14-11-8-5-2/h8,11,15,17-18,20,24,26-30,36,39,54H,4-7,9-10,12-14,16,19,21-23,25,31-35,37-38,40-53H2,1-3H3/b11-8-,18-15-,20-17-,27-24-,29-26-,30-28-,39-36-/t54-/m1/s1. The third-order valence-corrected chi connectivity index (χ3v) is 10.9. The summed E-state index contributed by atoms with van der Waals surface area (Å²) in [4.78, 5) is 38.0. The molecule has 0 radical (unpaired) electrons. The number of hydrogen-bond acceptors (Lipinski definition) is 6. The van der Waals surface area contributed by atoms with Gasteiger partial charge in [0.25, 0.3) is 0 Å². The van der Waals surface area contributed by atoms with Crippen molar-refractivity contribution < 1.29 is 28.6 Å². The molecular weight excluding hydrogens is 781 g/mol. The van der Waals surface area contributed by atoms with Gasteiger partial charge in [-0.2, -0.15) is 0 Å². The van der Waals surface area contributed by atoms with Crippen LogP contribution in [0.5, 0.6) is 0 Å². The molecule has 0 saturated carbocycles. The molecule has 0 unspecified atom stereocenters. The van der Waals surface area contributed by atoms with E-state index in [-0.39, 0.29) is 37.5 Å². The van der Waals surface area contributed by atoms with Crippen LogP contribution in [0.25, 0.3) is 0 Å². The summed E-state index contributed by atoms with van der Waals surface area (Å²) < 4.78 is 16.7. The minimum atomic E-state index is -0.807. The van der Waals surface area contributed by atoms with Crippen LogP contribution < -0.4 is 0 Å². The first-order valence-corrected chi connectivity index (χ1v) is 26.1. The molecule has 6 nitrogen and oxygen atoms in total. The van der Waals surface area contributed by atoms with Crippen molar-refractivity contribution in [3.63, 3.8) is 0 Å². The fourth-order valence-corrected chi connectivity index (χ4v) is 6.91. The second-order valence-electron chi connectivity index (χ2n) is 17.0. The van der Waals surface area contributed by atoms with Gasteiger partial charge in [-0.15, -0.1) is 0 Å². The van der Waals surface area contributed by atoms with Crippen LogP contribution >= 0.6 is 0 Å². The number of carbonyl (C=O) groups excluding carboxylic acids is 3. The number of esters is 3. The van der Waals surface area contributed by atoms with Gasteiger partial charge in [-0.05, 0) is 109 Å². The molecular formula is C57H96O6. The number of unbranched alkanes of at least 4 members (excludes halogenated alkanes) is 21. The highest BCUT2D eigenvalue weighted by Crippen LogP contribution is 2.13. The van der Waals surface area contributed by atoms with Gasteiger partial charge in [-0.1, -0.05) is 196 Å². The fourth-order valence-electron chi connectivity index (χ4n) is 6.91. The zero-order valence-corrected chi connectivity index (χ0v) is 41.1. The molecule has 0 spiro atoms. The van der Waals surface area contributed by atoms with Crippen LogP contribution in [-0.4, -0.2) is 37.2 Å². The Labute approximate surface area is 388 Å². The van der Waals surface area contributed by atoms with Gasteiger partial charge in [0, 0.05) is 19.3 Å². The molecule has 0 aromatic carbocycles. The molecule has 63 heavy (non-hydrogen) atoms. The normalized spacial score (nSPS) is 12.7. The van der Waals surface area contributed by atoms with Crippen LogP contribution in [0.15, 0.2) is 85.1 Å². The van der Waals surface area contributed by atoms with Crippen molar-refractivity contribution in [2.45, 2.75) is 245 Å². The lowest BCUT2D eigenvalue weighted by Crippen LogP contribution is -2.30. The summed E-state index contributed by atoms with van der Waals surface area (Å²) in [6.07, 6.45) is 65.6. The number of ether oxygens (including phenoxy) is 3. The first-order valence-electron chi connectivity index (χ1n) is 26.1. The Morgan fingerprint density at radius 2 is 0.635 bits per heavy atom. The highest BCUT2D eigenvalue weighted by atomic mass is 16.6. The Morgan fingerprint density at radius 3 is 1.06 bits per heavy atom. The van der Waals surface area contributed by atoms with Crippen molar-refractivity contribution in [1.29, 1.82) is 0 Å². The summed E-state index contributed by atoms with van der Waals surface area (Å²) in [7, 11) is 0. The Hall–Kier alpha value is -3.41. The van der Waals surface area contributed by atoms with Gasteiger partial charge in [0.1, 0.15) is 13.2 Å². The van der Waals surface area contributed by atoms with Crippen molar-refractivity contribution in [3.05, 3.63) is 85.1 Å². The first kappa shape index (κ1) is 59.6. The fraction of sp³-hybridized carbons (Fsp3) is 0.702. The lowest BCUT2D eigenvalue weighted by molar-refractivity contribution is -0.167. The first-order chi connectivity index (χ1) is 31.0. The van der Waals surface area contributed by atoms with Crippen LogP contribution in [0.4, 0.5) is 0 Å². The summed E-state index contributed by atoms with van der Waals surface area (Å²) in [5.41, 5.74) is 0. The smallest absolute Gasteiger partial charge is 0.306 e. The summed E-state index contributed by atoms with van der Waals surface area (Å²) >= 11 is 0. The summed E-state index contributed by atoms with van der Waals surface area (Å²) in [5.74, 6) is -0.967. The molecule has 0 aromatic heterocycles. The van der Waals surface area contributed by atoms with Crippen LogP contribution in [0.1, 0.15) is 239 Å². The van der Waals surface area contributed by atoms with E-state index >= 15 is 0 Å². The maximum atomic E-state index is 12.8. The molecule has 0 aromatic rings. The van der Waals surface area contributed by atoms with E-state index in [9.17, 15) is 14.4 Å². The zero-order chi connectivity index (χ0) is 45.8. The SMILES string of the molecule is CC/C=C\C/C=C\C/C=C\C/C=C\CCCCC(=O)O[C@H](COC(=O)CCCCCCC/C=C\C/C=C\CCCC)COC(=O)CCCCCCC/C=C\CCCCCCCCC. The van der Waals surface area contributed by atoms with E-state index in [1.54, 1.807) is 0 Å². The topological polar surface area (TPSA) is 78.9 Å². The summed E-state index contributed by atoms with van der Waals surface area (Å²) in [5, 5.41) is 0. The Balaban J connectivity index is 4.49. The molecule has 0 fully saturated rings. The lowest BCUT2D eigenvalue weighted by Gasteiger charge is -2.18. The van der Waals surface area contributed by atoms with E-state index < -0.39 is 6.10 Å². The summed E-state index contributed by atoms with van der Waals surface area (Å²) in [6.45, 7) is 6.42. The molecule has 0 heterocycles. The minimum absolute atomic E-state index is 0.103. The number of carbonyl (C=O) groups is 3. The van der Waals surface area contributed by atoms with Gasteiger partial charge < -0.3 is 14.2 Å². The van der Waals surface area contributed by atoms with Crippen molar-refractivity contribution in [1.82, 2.24) is 0 Å². The third kappa shape index (κ3) is 49.5. The number of hydrogen-bond donors (Lipinski definition) is 0. The van der Waals surface area contributed by atoms with Crippen molar-refractivity contribution in [2.75, 3.05) is 13.2 Å². The highest BCUT2D eigenvalue weighted by Gasteiger charge is 2.19. The van der Waals surface area contributed by atoms with Gasteiger partial charge in [-0.25, -0.2) is 0 Å². The van der Waals surface area contributed by atoms with Crippen LogP contribution in [-0.2, 0) is 28.6 Å². The van der Waals surface area contributed by atoms with E-state index in [4.69, 9.17) is 14.2 Å². The second kappa shape index (κ2) is 51.2. The monoisotopic (exact) mass is 877 g/mol. The molecule has 0 bridgehead atoms. The predicted molar refractivity (Wildman–Crippen MR) is 270 cm³/mol.